The average Bonchev–Trinajstić information content (AvgIpc) is 2.78. The van der Waals surface area contributed by atoms with Crippen molar-refractivity contribution >= 4 is 17.3 Å². The quantitative estimate of drug-likeness (QED) is 0.277. The molecule has 152 valence electrons. The molecule has 0 amide bonds. The third-order valence-corrected chi connectivity index (χ3v) is 4.49. The first-order valence-electron chi connectivity index (χ1n) is 9.13. The molecule has 0 atom stereocenters. The Bertz CT molecular complexity index is 1110. The number of oxime groups is 1. The minimum Gasteiger partial charge on any atom is -0.500 e. The number of hydrogen-bond acceptors (Lipinski definition) is 6. The lowest BCUT2D eigenvalue weighted by molar-refractivity contribution is -0.130. The van der Waals surface area contributed by atoms with Crippen LogP contribution in [-0.2, 0) is 14.4 Å². The van der Waals surface area contributed by atoms with E-state index in [2.05, 4.69) is 15.1 Å². The van der Waals surface area contributed by atoms with Gasteiger partial charge in [-0.25, -0.2) is 14.8 Å². The van der Waals surface area contributed by atoms with E-state index in [1.165, 1.54) is 20.5 Å². The SMILES string of the molecule is CO/N=C(/c1cc(-c2ccccc2)ncn1)c1ccccc1/C(C(=O)O)=C(/C)OC. The molecule has 7 heteroatoms. The molecule has 1 N–H and O–H groups in total. The largest absolute Gasteiger partial charge is 0.500 e. The van der Waals surface area contributed by atoms with Crippen molar-refractivity contribution in [1.29, 1.82) is 0 Å². The summed E-state index contributed by atoms with van der Waals surface area (Å²) in [4.78, 5) is 25.7. The maximum absolute atomic E-state index is 12.0. The molecule has 7 nitrogen and oxygen atoms in total. The summed E-state index contributed by atoms with van der Waals surface area (Å²) in [6, 6.07) is 18.5. The molecule has 2 aromatic carbocycles. The number of aliphatic carboxylic acids is 1. The highest BCUT2D eigenvalue weighted by molar-refractivity contribution is 6.22. The monoisotopic (exact) mass is 403 g/mol. The highest BCUT2D eigenvalue weighted by atomic mass is 16.6. The third kappa shape index (κ3) is 4.35. The summed E-state index contributed by atoms with van der Waals surface area (Å²) in [6.45, 7) is 1.60. The van der Waals surface area contributed by atoms with Gasteiger partial charge < -0.3 is 14.7 Å². The van der Waals surface area contributed by atoms with E-state index in [-0.39, 0.29) is 11.3 Å². The van der Waals surface area contributed by atoms with Crippen LogP contribution in [0.25, 0.3) is 16.8 Å². The molecule has 0 aliphatic heterocycles. The fraction of sp³-hybridized carbons (Fsp3) is 0.130. The van der Waals surface area contributed by atoms with E-state index in [0.717, 1.165) is 5.56 Å². The molecule has 30 heavy (non-hydrogen) atoms. The van der Waals surface area contributed by atoms with Gasteiger partial charge in [0.1, 0.15) is 30.5 Å². The van der Waals surface area contributed by atoms with E-state index in [9.17, 15) is 9.90 Å². The Morgan fingerprint density at radius 1 is 0.967 bits per heavy atom. The topological polar surface area (TPSA) is 93.9 Å². The summed E-state index contributed by atoms with van der Waals surface area (Å²) >= 11 is 0. The fourth-order valence-electron chi connectivity index (χ4n) is 3.04. The van der Waals surface area contributed by atoms with E-state index in [4.69, 9.17) is 9.57 Å². The highest BCUT2D eigenvalue weighted by Crippen LogP contribution is 2.26. The number of hydrogen-bond donors (Lipinski definition) is 1. The molecule has 0 spiro atoms. The number of aromatic nitrogens is 2. The van der Waals surface area contributed by atoms with Crippen LogP contribution in [0.15, 0.2) is 77.9 Å². The number of ether oxygens (including phenoxy) is 1. The second-order valence-corrected chi connectivity index (χ2v) is 6.26. The van der Waals surface area contributed by atoms with Crippen molar-refractivity contribution in [1.82, 2.24) is 9.97 Å². The lowest BCUT2D eigenvalue weighted by atomic mass is 9.94. The van der Waals surface area contributed by atoms with Gasteiger partial charge in [0.05, 0.1) is 18.5 Å². The summed E-state index contributed by atoms with van der Waals surface area (Å²) in [5, 5.41) is 14.0. The van der Waals surface area contributed by atoms with E-state index in [0.29, 0.717) is 28.2 Å². The highest BCUT2D eigenvalue weighted by Gasteiger charge is 2.23. The second kappa shape index (κ2) is 9.47. The number of allylic oxidation sites excluding steroid dienone is 1. The summed E-state index contributed by atoms with van der Waals surface area (Å²) in [5.41, 5.74) is 3.55. The average molecular weight is 403 g/mol. The van der Waals surface area contributed by atoms with Gasteiger partial charge >= 0.3 is 5.97 Å². The zero-order chi connectivity index (χ0) is 21.5. The molecular formula is C23H21N3O4. The normalized spacial score (nSPS) is 12.2. The third-order valence-electron chi connectivity index (χ3n) is 4.49. The Morgan fingerprint density at radius 2 is 1.63 bits per heavy atom. The molecule has 0 bridgehead atoms. The Morgan fingerprint density at radius 3 is 2.27 bits per heavy atom. The molecule has 0 radical (unpaired) electrons. The van der Waals surface area contributed by atoms with E-state index < -0.39 is 5.97 Å². The number of carboxylic acid groups (broad SMARTS) is 1. The van der Waals surface area contributed by atoms with Crippen LogP contribution >= 0.6 is 0 Å². The molecule has 0 saturated heterocycles. The van der Waals surface area contributed by atoms with Crippen LogP contribution in [0.1, 0.15) is 23.7 Å². The van der Waals surface area contributed by atoms with Crippen LogP contribution in [0.2, 0.25) is 0 Å². The van der Waals surface area contributed by atoms with Gasteiger partial charge in [-0.05, 0) is 13.0 Å². The van der Waals surface area contributed by atoms with Crippen molar-refractivity contribution in [2.24, 2.45) is 5.16 Å². The van der Waals surface area contributed by atoms with Crippen molar-refractivity contribution in [3.63, 3.8) is 0 Å². The van der Waals surface area contributed by atoms with Gasteiger partial charge in [0.15, 0.2) is 0 Å². The van der Waals surface area contributed by atoms with Gasteiger partial charge in [-0.2, -0.15) is 0 Å². The van der Waals surface area contributed by atoms with Crippen molar-refractivity contribution in [2.75, 3.05) is 14.2 Å². The summed E-state index contributed by atoms with van der Waals surface area (Å²) in [5.74, 6) is -0.828. The minimum atomic E-state index is -1.11. The van der Waals surface area contributed by atoms with E-state index in [1.807, 2.05) is 30.3 Å². The first-order chi connectivity index (χ1) is 14.6. The second-order valence-electron chi connectivity index (χ2n) is 6.26. The van der Waals surface area contributed by atoms with Crippen LogP contribution in [0.4, 0.5) is 0 Å². The first-order valence-corrected chi connectivity index (χ1v) is 9.13. The first kappa shape index (κ1) is 20.7. The Balaban J connectivity index is 2.19. The van der Waals surface area contributed by atoms with E-state index in [1.54, 1.807) is 37.3 Å². The molecule has 0 unspecified atom stereocenters. The number of carbonyl (C=O) groups is 1. The lowest BCUT2D eigenvalue weighted by Crippen LogP contribution is -2.13. The van der Waals surface area contributed by atoms with Crippen molar-refractivity contribution < 1.29 is 19.5 Å². The molecule has 3 aromatic rings. The zero-order valence-electron chi connectivity index (χ0n) is 16.9. The van der Waals surface area contributed by atoms with Crippen molar-refractivity contribution in [3.05, 3.63) is 89.6 Å². The summed E-state index contributed by atoms with van der Waals surface area (Å²) < 4.78 is 5.21. The van der Waals surface area contributed by atoms with Gasteiger partial charge in [-0.1, -0.05) is 59.8 Å². The standard InChI is InChI=1S/C23H21N3O4/c1-15(29-2)21(23(27)28)17-11-7-8-12-18(17)22(26-30-3)20-13-19(24-14-25-20)16-9-5-4-6-10-16/h4-14H,1-3H3,(H,27,28)/b21-15+,26-22+. The molecule has 0 aliphatic carbocycles. The predicted octanol–water partition coefficient (Wildman–Crippen LogP) is 4.00. The molecule has 0 saturated carbocycles. The minimum absolute atomic E-state index is 0.0363. The summed E-state index contributed by atoms with van der Waals surface area (Å²) in [6.07, 6.45) is 1.44. The fourth-order valence-corrected chi connectivity index (χ4v) is 3.04. The number of nitrogens with zero attached hydrogens (tertiary/aromatic N) is 3. The molecular weight excluding hydrogens is 382 g/mol. The van der Waals surface area contributed by atoms with Crippen molar-refractivity contribution in [2.45, 2.75) is 6.92 Å². The van der Waals surface area contributed by atoms with Crippen LogP contribution < -0.4 is 0 Å². The van der Waals surface area contributed by atoms with Gasteiger partial charge in [-0.3, -0.25) is 0 Å². The maximum atomic E-state index is 12.0. The number of benzene rings is 2. The number of methoxy groups -OCH3 is 1. The number of rotatable bonds is 7. The molecule has 1 heterocycles. The molecule has 0 fully saturated rings. The van der Waals surface area contributed by atoms with Crippen LogP contribution in [0.3, 0.4) is 0 Å². The van der Waals surface area contributed by atoms with Crippen LogP contribution in [-0.4, -0.2) is 41.0 Å². The zero-order valence-corrected chi connectivity index (χ0v) is 16.9. The van der Waals surface area contributed by atoms with E-state index >= 15 is 0 Å². The lowest BCUT2D eigenvalue weighted by Gasteiger charge is -2.14. The van der Waals surface area contributed by atoms with Gasteiger partial charge in [0.2, 0.25) is 0 Å². The van der Waals surface area contributed by atoms with Crippen LogP contribution in [0, 0.1) is 0 Å². The Hall–Kier alpha value is -4.00. The van der Waals surface area contributed by atoms with Gasteiger partial charge in [-0.15, -0.1) is 0 Å². The molecule has 3 rings (SSSR count). The smallest absolute Gasteiger partial charge is 0.339 e. The Kier molecular flexibility index (Phi) is 6.54. The predicted molar refractivity (Wildman–Crippen MR) is 114 cm³/mol. The van der Waals surface area contributed by atoms with Crippen molar-refractivity contribution in [3.8, 4) is 11.3 Å². The summed E-state index contributed by atoms with van der Waals surface area (Å²) in [7, 11) is 2.86. The van der Waals surface area contributed by atoms with Crippen LogP contribution in [0.5, 0.6) is 0 Å². The van der Waals surface area contributed by atoms with Gasteiger partial charge in [0.25, 0.3) is 0 Å². The molecule has 0 aliphatic rings. The Labute approximate surface area is 174 Å². The number of carboxylic acids is 1. The van der Waals surface area contributed by atoms with Gasteiger partial charge in [0, 0.05) is 16.7 Å². The maximum Gasteiger partial charge on any atom is 0.339 e. The molecule has 1 aromatic heterocycles.